The smallest absolute Gasteiger partial charge is 0.223 e. The standard InChI is InChI=1S/C22H19Cl2N3OS/c1-12-15(10-25)20(14-8-7-13(23)9-17(14)24)16-11-27(22(28)21(16)26-12)18-5-3-4-6-19(18)29-2/h3-9,11,28H,10,25H2,1-2H3. The molecule has 0 spiro atoms. The van der Waals surface area contributed by atoms with Gasteiger partial charge in [-0.05, 0) is 43.0 Å². The molecule has 0 aliphatic heterocycles. The molecule has 148 valence electrons. The van der Waals surface area contributed by atoms with Crippen LogP contribution in [-0.4, -0.2) is 20.9 Å². The van der Waals surface area contributed by atoms with Crippen LogP contribution < -0.4 is 5.73 Å². The molecule has 4 rings (SSSR count). The van der Waals surface area contributed by atoms with Crippen molar-refractivity contribution in [3.63, 3.8) is 0 Å². The van der Waals surface area contributed by atoms with E-state index in [2.05, 4.69) is 4.98 Å². The van der Waals surface area contributed by atoms with Crippen LogP contribution in [0.5, 0.6) is 5.88 Å². The van der Waals surface area contributed by atoms with Crippen LogP contribution in [-0.2, 0) is 6.54 Å². The Morgan fingerprint density at radius 2 is 1.93 bits per heavy atom. The van der Waals surface area contributed by atoms with Gasteiger partial charge in [0.25, 0.3) is 0 Å². The Morgan fingerprint density at radius 1 is 1.17 bits per heavy atom. The lowest BCUT2D eigenvalue weighted by molar-refractivity contribution is 0.446. The molecular weight excluding hydrogens is 425 g/mol. The molecule has 2 aromatic heterocycles. The zero-order chi connectivity index (χ0) is 20.7. The molecular formula is C22H19Cl2N3OS. The molecule has 0 fully saturated rings. The summed E-state index contributed by atoms with van der Waals surface area (Å²) in [6.07, 6.45) is 3.90. The summed E-state index contributed by atoms with van der Waals surface area (Å²) in [4.78, 5) is 5.70. The number of nitrogens with two attached hydrogens (primary N) is 1. The van der Waals surface area contributed by atoms with Crippen molar-refractivity contribution < 1.29 is 5.11 Å². The van der Waals surface area contributed by atoms with Crippen LogP contribution in [0.25, 0.3) is 27.7 Å². The quantitative estimate of drug-likeness (QED) is 0.368. The highest BCUT2D eigenvalue weighted by molar-refractivity contribution is 7.98. The molecule has 0 unspecified atom stereocenters. The number of para-hydroxylation sites is 1. The maximum atomic E-state index is 11.0. The lowest BCUT2D eigenvalue weighted by atomic mass is 9.96. The predicted molar refractivity (Wildman–Crippen MR) is 123 cm³/mol. The summed E-state index contributed by atoms with van der Waals surface area (Å²) in [5.41, 5.74) is 10.8. The topological polar surface area (TPSA) is 64.1 Å². The van der Waals surface area contributed by atoms with Crippen molar-refractivity contribution in [1.82, 2.24) is 9.55 Å². The molecule has 0 atom stereocenters. The fourth-order valence-corrected chi connectivity index (χ4v) is 4.71. The molecule has 0 bridgehead atoms. The van der Waals surface area contributed by atoms with Gasteiger partial charge in [0.1, 0.15) is 5.52 Å². The summed E-state index contributed by atoms with van der Waals surface area (Å²) in [6, 6.07) is 13.3. The maximum Gasteiger partial charge on any atom is 0.223 e. The van der Waals surface area contributed by atoms with Gasteiger partial charge in [-0.2, -0.15) is 0 Å². The third-order valence-corrected chi connectivity index (χ3v) is 6.32. The Morgan fingerprint density at radius 3 is 2.62 bits per heavy atom. The second-order valence-corrected chi connectivity index (χ2v) is 8.33. The molecule has 0 saturated heterocycles. The normalized spacial score (nSPS) is 11.3. The molecule has 3 N–H and O–H groups in total. The van der Waals surface area contributed by atoms with Gasteiger partial charge >= 0.3 is 0 Å². The first kappa shape index (κ1) is 20.1. The van der Waals surface area contributed by atoms with Crippen molar-refractivity contribution in [3.05, 3.63) is 70.0 Å². The van der Waals surface area contributed by atoms with E-state index in [1.54, 1.807) is 28.5 Å². The number of aromatic hydroxyl groups is 1. The first-order valence-corrected chi connectivity index (χ1v) is 11.0. The Balaban J connectivity index is 2.10. The lowest BCUT2D eigenvalue weighted by Crippen LogP contribution is -2.04. The highest BCUT2D eigenvalue weighted by atomic mass is 35.5. The van der Waals surface area contributed by atoms with E-state index in [9.17, 15) is 5.11 Å². The third kappa shape index (κ3) is 3.38. The van der Waals surface area contributed by atoms with Gasteiger partial charge in [-0.1, -0.05) is 41.4 Å². The molecule has 29 heavy (non-hydrogen) atoms. The molecule has 4 nitrogen and oxygen atoms in total. The number of nitrogens with zero attached hydrogens (tertiary/aromatic N) is 2. The van der Waals surface area contributed by atoms with Crippen LogP contribution >= 0.6 is 35.0 Å². The van der Waals surface area contributed by atoms with Crippen LogP contribution in [0, 0.1) is 6.92 Å². The van der Waals surface area contributed by atoms with Gasteiger partial charge in [0.05, 0.1) is 5.69 Å². The summed E-state index contributed by atoms with van der Waals surface area (Å²) in [6.45, 7) is 2.19. The minimum absolute atomic E-state index is 0.0829. The lowest BCUT2D eigenvalue weighted by Gasteiger charge is -2.14. The van der Waals surface area contributed by atoms with Crippen molar-refractivity contribution in [3.8, 4) is 22.7 Å². The average Bonchev–Trinajstić information content (AvgIpc) is 3.03. The molecule has 4 aromatic rings. The number of halogens is 2. The molecule has 7 heteroatoms. The van der Waals surface area contributed by atoms with E-state index in [1.165, 1.54) is 0 Å². The molecule has 0 aliphatic rings. The number of hydrogen-bond donors (Lipinski definition) is 2. The summed E-state index contributed by atoms with van der Waals surface area (Å²) in [7, 11) is 0. The number of aromatic nitrogens is 2. The van der Waals surface area contributed by atoms with E-state index in [1.807, 2.05) is 49.7 Å². The number of benzene rings is 2. The van der Waals surface area contributed by atoms with Gasteiger partial charge < -0.3 is 10.8 Å². The largest absolute Gasteiger partial charge is 0.493 e. The van der Waals surface area contributed by atoms with E-state index < -0.39 is 0 Å². The SMILES string of the molecule is CSc1ccccc1-n1cc2c(-c3ccc(Cl)cc3Cl)c(CN)c(C)nc2c1O. The third-order valence-electron chi connectivity index (χ3n) is 4.99. The highest BCUT2D eigenvalue weighted by Gasteiger charge is 2.22. The Kier molecular flexibility index (Phi) is 5.49. The van der Waals surface area contributed by atoms with Gasteiger partial charge in [0.15, 0.2) is 0 Å². The van der Waals surface area contributed by atoms with Gasteiger partial charge in [-0.15, -0.1) is 11.8 Å². The zero-order valence-corrected chi connectivity index (χ0v) is 18.2. The highest BCUT2D eigenvalue weighted by Crippen LogP contribution is 2.42. The average molecular weight is 444 g/mol. The summed E-state index contributed by atoms with van der Waals surface area (Å²) in [5.74, 6) is 0.0829. The van der Waals surface area contributed by atoms with E-state index in [0.29, 0.717) is 22.1 Å². The summed E-state index contributed by atoms with van der Waals surface area (Å²) in [5, 5.41) is 12.9. The number of aryl methyl sites for hydroxylation is 1. The van der Waals surface area contributed by atoms with Gasteiger partial charge in [-0.25, -0.2) is 4.98 Å². The predicted octanol–water partition coefficient (Wildman–Crippen LogP) is 6.19. The van der Waals surface area contributed by atoms with E-state index >= 15 is 0 Å². The molecule has 2 aromatic carbocycles. The van der Waals surface area contributed by atoms with Crippen molar-refractivity contribution in [1.29, 1.82) is 0 Å². The monoisotopic (exact) mass is 443 g/mol. The van der Waals surface area contributed by atoms with Crippen molar-refractivity contribution in [2.24, 2.45) is 5.73 Å². The van der Waals surface area contributed by atoms with Crippen molar-refractivity contribution >= 4 is 45.9 Å². The fraction of sp³-hybridized carbons (Fsp3) is 0.136. The van der Waals surface area contributed by atoms with Crippen LogP contribution in [0.4, 0.5) is 0 Å². The Bertz CT molecular complexity index is 1240. The van der Waals surface area contributed by atoms with E-state index in [4.69, 9.17) is 28.9 Å². The van der Waals surface area contributed by atoms with E-state index in [-0.39, 0.29) is 5.88 Å². The number of hydrogen-bond acceptors (Lipinski definition) is 4. The second kappa shape index (κ2) is 7.92. The number of pyridine rings is 1. The maximum absolute atomic E-state index is 11.0. The zero-order valence-electron chi connectivity index (χ0n) is 15.9. The van der Waals surface area contributed by atoms with E-state index in [0.717, 1.165) is 38.4 Å². The number of rotatable bonds is 4. The van der Waals surface area contributed by atoms with Gasteiger partial charge in [0, 0.05) is 49.9 Å². The van der Waals surface area contributed by atoms with Crippen molar-refractivity contribution in [2.75, 3.05) is 6.26 Å². The number of thioether (sulfide) groups is 1. The first-order valence-electron chi connectivity index (χ1n) is 8.98. The minimum Gasteiger partial charge on any atom is -0.493 e. The van der Waals surface area contributed by atoms with Gasteiger partial charge in [-0.3, -0.25) is 4.57 Å². The Hall–Kier alpha value is -2.18. The molecule has 0 radical (unpaired) electrons. The van der Waals surface area contributed by atoms with Crippen LogP contribution in [0.2, 0.25) is 10.0 Å². The minimum atomic E-state index is 0.0829. The second-order valence-electron chi connectivity index (χ2n) is 6.64. The fourth-order valence-electron chi connectivity index (χ4n) is 3.62. The van der Waals surface area contributed by atoms with Crippen molar-refractivity contribution in [2.45, 2.75) is 18.4 Å². The molecule has 0 amide bonds. The molecule has 2 heterocycles. The summed E-state index contributed by atoms with van der Waals surface area (Å²) < 4.78 is 1.76. The molecule has 0 saturated carbocycles. The van der Waals surface area contributed by atoms with Gasteiger partial charge in [0.2, 0.25) is 5.88 Å². The Labute approximate surface area is 183 Å². The molecule has 0 aliphatic carbocycles. The summed E-state index contributed by atoms with van der Waals surface area (Å²) >= 11 is 14.3. The van der Waals surface area contributed by atoms with Crippen LogP contribution in [0.15, 0.2) is 53.6 Å². The first-order chi connectivity index (χ1) is 14.0. The van der Waals surface area contributed by atoms with Crippen LogP contribution in [0.3, 0.4) is 0 Å². The number of fused-ring (bicyclic) bond motifs is 1. The van der Waals surface area contributed by atoms with Crippen LogP contribution in [0.1, 0.15) is 11.3 Å².